The van der Waals surface area contributed by atoms with E-state index in [1.807, 2.05) is 44.2 Å². The highest BCUT2D eigenvalue weighted by atomic mass is 16.6. The molecule has 1 aromatic rings. The second-order valence-electron chi connectivity index (χ2n) is 10.5. The number of hydrogen-bond acceptors (Lipinski definition) is 6. The van der Waals surface area contributed by atoms with Gasteiger partial charge in [-0.05, 0) is 58.4 Å². The number of nitrogens with zero attached hydrogens (tertiary/aromatic N) is 1. The highest BCUT2D eigenvalue weighted by Gasteiger charge is 2.43. The highest BCUT2D eigenvalue weighted by Crippen LogP contribution is 2.34. The number of hydrogen-bond donors (Lipinski definition) is 2. The van der Waals surface area contributed by atoms with Crippen molar-refractivity contribution in [3.63, 3.8) is 0 Å². The second kappa shape index (κ2) is 14.0. The summed E-state index contributed by atoms with van der Waals surface area (Å²) in [6.07, 6.45) is 2.50. The maximum atomic E-state index is 14.2. The van der Waals surface area contributed by atoms with Crippen molar-refractivity contribution in [1.82, 2.24) is 15.5 Å². The van der Waals surface area contributed by atoms with Crippen LogP contribution in [0.1, 0.15) is 85.3 Å². The van der Waals surface area contributed by atoms with Gasteiger partial charge in [-0.2, -0.15) is 0 Å². The van der Waals surface area contributed by atoms with E-state index in [1.165, 1.54) is 0 Å². The van der Waals surface area contributed by atoms with Crippen LogP contribution in [0.3, 0.4) is 0 Å². The lowest BCUT2D eigenvalue weighted by atomic mass is 9.86. The van der Waals surface area contributed by atoms with Crippen LogP contribution < -0.4 is 10.6 Å². The molecule has 0 aliphatic heterocycles. The monoisotopic (exact) mass is 517 g/mol. The molecule has 206 valence electrons. The summed E-state index contributed by atoms with van der Waals surface area (Å²) < 4.78 is 10.4. The van der Waals surface area contributed by atoms with Crippen LogP contribution in [0.2, 0.25) is 0 Å². The summed E-state index contributed by atoms with van der Waals surface area (Å²) in [5, 5.41) is 5.60. The molecule has 1 saturated carbocycles. The Balaban J connectivity index is 2.38. The molecule has 1 aromatic carbocycles. The van der Waals surface area contributed by atoms with Crippen LogP contribution in [0.25, 0.3) is 0 Å². The van der Waals surface area contributed by atoms with Crippen LogP contribution in [0, 0.1) is 5.92 Å². The average Bonchev–Trinajstić information content (AvgIpc) is 2.79. The molecular weight excluding hydrogens is 474 g/mol. The minimum absolute atomic E-state index is 0.0359. The number of rotatable bonds is 12. The van der Waals surface area contributed by atoms with Gasteiger partial charge >= 0.3 is 12.1 Å². The van der Waals surface area contributed by atoms with Gasteiger partial charge < -0.3 is 25.0 Å². The predicted octanol–water partition coefficient (Wildman–Crippen LogP) is 4.12. The number of carbonyl (C=O) groups excluding carboxylic acids is 4. The number of esters is 1. The van der Waals surface area contributed by atoms with Crippen LogP contribution in [0.15, 0.2) is 30.3 Å². The van der Waals surface area contributed by atoms with Crippen LogP contribution in [0.4, 0.5) is 4.79 Å². The molecule has 0 saturated heterocycles. The standard InChI is InChI=1S/C28H43N3O6/c1-7-19(3)23(30-27(35)37-28(4,5)6)26(34)31(21-15-12-16-21)24(20-13-10-9-11-14-20)25(33)29-18-17-22(32)36-8-2/h9-11,13-14,19,21,23-24H,7-8,12,15-18H2,1-6H3,(H,29,33)(H,30,35). The van der Waals surface area contributed by atoms with Crippen LogP contribution in [0.5, 0.6) is 0 Å². The number of alkyl carbamates (subject to hydrolysis) is 1. The lowest BCUT2D eigenvalue weighted by molar-refractivity contribution is -0.149. The van der Waals surface area contributed by atoms with Crippen molar-refractivity contribution in [2.45, 2.75) is 97.4 Å². The molecule has 2 rings (SSSR count). The normalized spacial score (nSPS) is 15.9. The van der Waals surface area contributed by atoms with Crippen molar-refractivity contribution in [3.05, 3.63) is 35.9 Å². The second-order valence-corrected chi connectivity index (χ2v) is 10.5. The van der Waals surface area contributed by atoms with Gasteiger partial charge in [-0.15, -0.1) is 0 Å². The highest BCUT2D eigenvalue weighted by molar-refractivity contribution is 5.92. The molecule has 1 aliphatic rings. The molecule has 0 aromatic heterocycles. The molecule has 37 heavy (non-hydrogen) atoms. The van der Waals surface area contributed by atoms with E-state index in [9.17, 15) is 19.2 Å². The van der Waals surface area contributed by atoms with E-state index in [-0.39, 0.29) is 43.3 Å². The molecule has 1 aliphatic carbocycles. The van der Waals surface area contributed by atoms with E-state index in [0.717, 1.165) is 19.3 Å². The zero-order valence-corrected chi connectivity index (χ0v) is 23.0. The van der Waals surface area contributed by atoms with Crippen molar-refractivity contribution in [2.75, 3.05) is 13.2 Å². The van der Waals surface area contributed by atoms with Crippen molar-refractivity contribution in [3.8, 4) is 0 Å². The Morgan fingerprint density at radius 3 is 2.24 bits per heavy atom. The Hall–Kier alpha value is -3.10. The van der Waals surface area contributed by atoms with Gasteiger partial charge in [-0.3, -0.25) is 14.4 Å². The number of nitrogens with one attached hydrogen (secondary N) is 2. The first-order valence-electron chi connectivity index (χ1n) is 13.3. The summed E-state index contributed by atoms with van der Waals surface area (Å²) in [7, 11) is 0. The molecule has 0 bridgehead atoms. The summed E-state index contributed by atoms with van der Waals surface area (Å²) >= 11 is 0. The van der Waals surface area contributed by atoms with Crippen LogP contribution >= 0.6 is 0 Å². The van der Waals surface area contributed by atoms with E-state index in [2.05, 4.69) is 10.6 Å². The van der Waals surface area contributed by atoms with Gasteiger partial charge in [0.1, 0.15) is 17.7 Å². The quantitative estimate of drug-likeness (QED) is 0.403. The minimum atomic E-state index is -0.909. The van der Waals surface area contributed by atoms with Gasteiger partial charge in [-0.25, -0.2) is 4.79 Å². The van der Waals surface area contributed by atoms with Gasteiger partial charge in [0, 0.05) is 12.6 Å². The number of benzene rings is 1. The topological polar surface area (TPSA) is 114 Å². The Kier molecular flexibility index (Phi) is 11.4. The zero-order valence-electron chi connectivity index (χ0n) is 23.0. The average molecular weight is 518 g/mol. The fraction of sp³-hybridized carbons (Fsp3) is 0.643. The first kappa shape index (κ1) is 30.1. The fourth-order valence-electron chi connectivity index (χ4n) is 4.15. The van der Waals surface area contributed by atoms with Crippen molar-refractivity contribution in [2.24, 2.45) is 5.92 Å². The molecule has 3 unspecified atom stereocenters. The van der Waals surface area contributed by atoms with E-state index < -0.39 is 29.7 Å². The lowest BCUT2D eigenvalue weighted by Gasteiger charge is -2.44. The number of carbonyl (C=O) groups is 4. The maximum absolute atomic E-state index is 14.2. The Labute approximate surface area is 220 Å². The van der Waals surface area contributed by atoms with E-state index in [0.29, 0.717) is 12.0 Å². The molecule has 9 nitrogen and oxygen atoms in total. The summed E-state index contributed by atoms with van der Waals surface area (Å²) in [6, 6.07) is 7.21. The molecule has 3 amide bonds. The number of ether oxygens (including phenoxy) is 2. The third-order valence-electron chi connectivity index (χ3n) is 6.45. The first-order valence-corrected chi connectivity index (χ1v) is 13.3. The summed E-state index contributed by atoms with van der Waals surface area (Å²) in [4.78, 5) is 53.8. The summed E-state index contributed by atoms with van der Waals surface area (Å²) in [5.74, 6) is -1.29. The Morgan fingerprint density at radius 1 is 1.08 bits per heavy atom. The molecule has 2 N–H and O–H groups in total. The minimum Gasteiger partial charge on any atom is -0.466 e. The molecular formula is C28H43N3O6. The van der Waals surface area contributed by atoms with Crippen molar-refractivity contribution in [1.29, 1.82) is 0 Å². The summed E-state index contributed by atoms with van der Waals surface area (Å²) in [5.41, 5.74) is -0.0526. The first-order chi connectivity index (χ1) is 17.5. The van der Waals surface area contributed by atoms with Crippen LogP contribution in [-0.4, -0.2) is 59.6 Å². The van der Waals surface area contributed by atoms with Gasteiger partial charge in [-0.1, -0.05) is 50.6 Å². The molecule has 0 spiro atoms. The lowest BCUT2D eigenvalue weighted by Crippen LogP contribution is -2.59. The number of amides is 3. The van der Waals surface area contributed by atoms with Crippen molar-refractivity contribution < 1.29 is 28.7 Å². The van der Waals surface area contributed by atoms with Gasteiger partial charge in [0.15, 0.2) is 0 Å². The van der Waals surface area contributed by atoms with E-state index in [1.54, 1.807) is 32.6 Å². The van der Waals surface area contributed by atoms with Gasteiger partial charge in [0.25, 0.3) is 0 Å². The molecule has 9 heteroatoms. The summed E-state index contributed by atoms with van der Waals surface area (Å²) in [6.45, 7) is 11.2. The Morgan fingerprint density at radius 2 is 1.73 bits per heavy atom. The van der Waals surface area contributed by atoms with Crippen LogP contribution in [-0.2, 0) is 23.9 Å². The molecule has 3 atom stereocenters. The molecule has 0 heterocycles. The zero-order chi connectivity index (χ0) is 27.6. The smallest absolute Gasteiger partial charge is 0.408 e. The van der Waals surface area contributed by atoms with Crippen molar-refractivity contribution >= 4 is 23.9 Å². The van der Waals surface area contributed by atoms with Gasteiger partial charge in [0.05, 0.1) is 13.0 Å². The molecule has 0 radical (unpaired) electrons. The Bertz CT molecular complexity index is 910. The van der Waals surface area contributed by atoms with Gasteiger partial charge in [0.2, 0.25) is 11.8 Å². The fourth-order valence-corrected chi connectivity index (χ4v) is 4.15. The largest absolute Gasteiger partial charge is 0.466 e. The predicted molar refractivity (Wildman–Crippen MR) is 141 cm³/mol. The van der Waals surface area contributed by atoms with E-state index in [4.69, 9.17) is 9.47 Å². The maximum Gasteiger partial charge on any atom is 0.408 e. The third-order valence-corrected chi connectivity index (χ3v) is 6.45. The van der Waals surface area contributed by atoms with E-state index >= 15 is 0 Å². The molecule has 1 fully saturated rings. The SMILES string of the molecule is CCOC(=O)CCNC(=O)C(c1ccccc1)N(C(=O)C(NC(=O)OC(C)(C)C)C(C)CC)C1CCC1. The third kappa shape index (κ3) is 9.05.